The minimum absolute atomic E-state index is 0.0901. The average Bonchev–Trinajstić information content (AvgIpc) is 2.93. The van der Waals surface area contributed by atoms with Gasteiger partial charge >= 0.3 is 5.69 Å². The van der Waals surface area contributed by atoms with Crippen molar-refractivity contribution in [2.75, 3.05) is 5.43 Å². The lowest BCUT2D eigenvalue weighted by Gasteiger charge is -2.07. The Morgan fingerprint density at radius 2 is 2.15 bits per heavy atom. The fourth-order valence-electron chi connectivity index (χ4n) is 2.50. The minimum atomic E-state index is -0.549. The molecule has 0 aliphatic carbocycles. The number of H-pyrrole nitrogens is 1. The molecule has 0 unspecified atom stereocenters. The number of anilines is 1. The zero-order valence-electron chi connectivity index (χ0n) is 14.4. The summed E-state index contributed by atoms with van der Waals surface area (Å²) in [6.07, 6.45) is 1.43. The molecule has 2 heterocycles. The number of phenols is 1. The van der Waals surface area contributed by atoms with Gasteiger partial charge in [-0.1, -0.05) is 24.3 Å². The molecule has 26 heavy (non-hydrogen) atoms. The standard InChI is InChI=1S/C17H18N6O3/c1-10(2)9-23-13-14(22(3)17(26)20-15(13)25)19-16(23)21-18-8-11-6-4-5-7-12(11)24/h4-8,24H,1,9H2,2-3H3,(H,19,21)(H,20,25,26)/b18-8+. The van der Waals surface area contributed by atoms with Crippen molar-refractivity contribution in [2.24, 2.45) is 12.1 Å². The Hall–Kier alpha value is -3.62. The molecule has 0 saturated heterocycles. The molecule has 9 nitrogen and oxygen atoms in total. The maximum absolute atomic E-state index is 12.2. The number of imidazole rings is 1. The van der Waals surface area contributed by atoms with Crippen LogP contribution >= 0.6 is 0 Å². The van der Waals surface area contributed by atoms with E-state index in [1.807, 2.05) is 6.92 Å². The van der Waals surface area contributed by atoms with E-state index in [1.54, 1.807) is 28.8 Å². The smallest absolute Gasteiger partial charge is 0.329 e. The van der Waals surface area contributed by atoms with Crippen LogP contribution in [0.1, 0.15) is 12.5 Å². The normalized spacial score (nSPS) is 11.3. The minimum Gasteiger partial charge on any atom is -0.507 e. The molecule has 0 spiro atoms. The molecule has 3 N–H and O–H groups in total. The Bertz CT molecular complexity index is 1140. The van der Waals surface area contributed by atoms with Gasteiger partial charge in [0.25, 0.3) is 5.56 Å². The topological polar surface area (TPSA) is 117 Å². The van der Waals surface area contributed by atoms with Gasteiger partial charge in [-0.2, -0.15) is 10.1 Å². The van der Waals surface area contributed by atoms with Crippen LogP contribution in [0, 0.1) is 0 Å². The molecule has 9 heteroatoms. The number of hydrazone groups is 1. The number of benzene rings is 1. The number of aromatic hydroxyl groups is 1. The summed E-state index contributed by atoms with van der Waals surface area (Å²) >= 11 is 0. The second-order valence-corrected chi connectivity index (χ2v) is 5.90. The molecule has 134 valence electrons. The number of fused-ring (bicyclic) bond motifs is 1. The van der Waals surface area contributed by atoms with E-state index in [-0.39, 0.29) is 22.9 Å². The first-order valence-corrected chi connectivity index (χ1v) is 7.79. The number of hydrogen-bond donors (Lipinski definition) is 3. The van der Waals surface area contributed by atoms with Crippen LogP contribution in [0.15, 0.2) is 51.1 Å². The highest BCUT2D eigenvalue weighted by molar-refractivity contribution is 5.83. The quantitative estimate of drug-likeness (QED) is 0.361. The number of aromatic amines is 1. The summed E-state index contributed by atoms with van der Waals surface area (Å²) in [5, 5.41) is 13.8. The number of hydrogen-bond acceptors (Lipinski definition) is 6. The van der Waals surface area contributed by atoms with Gasteiger partial charge in [0.05, 0.1) is 6.21 Å². The van der Waals surface area contributed by atoms with Gasteiger partial charge in [-0.25, -0.2) is 10.2 Å². The van der Waals surface area contributed by atoms with E-state index in [0.717, 1.165) is 5.57 Å². The van der Waals surface area contributed by atoms with E-state index in [9.17, 15) is 14.7 Å². The van der Waals surface area contributed by atoms with Crippen molar-refractivity contribution in [1.29, 1.82) is 0 Å². The number of nitrogens with zero attached hydrogens (tertiary/aromatic N) is 4. The fraction of sp³-hybridized carbons (Fsp3) is 0.176. The Labute approximate surface area is 147 Å². The van der Waals surface area contributed by atoms with Gasteiger partial charge in [-0.3, -0.25) is 18.9 Å². The maximum Gasteiger partial charge on any atom is 0.329 e. The molecular formula is C17H18N6O3. The van der Waals surface area contributed by atoms with Gasteiger partial charge < -0.3 is 5.11 Å². The highest BCUT2D eigenvalue weighted by Crippen LogP contribution is 2.17. The summed E-state index contributed by atoms with van der Waals surface area (Å²) in [4.78, 5) is 30.6. The first-order chi connectivity index (χ1) is 12.4. The molecule has 0 fully saturated rings. The lowest BCUT2D eigenvalue weighted by Crippen LogP contribution is -2.29. The van der Waals surface area contributed by atoms with Crippen molar-refractivity contribution in [3.05, 3.63) is 62.8 Å². The predicted molar refractivity (Wildman–Crippen MR) is 99.7 cm³/mol. The first kappa shape index (κ1) is 17.2. The van der Waals surface area contributed by atoms with Crippen LogP contribution in [0.25, 0.3) is 11.2 Å². The lowest BCUT2D eigenvalue weighted by atomic mass is 10.2. The van der Waals surface area contributed by atoms with Gasteiger partial charge in [-0.15, -0.1) is 0 Å². The summed E-state index contributed by atoms with van der Waals surface area (Å²) in [5.74, 6) is 0.369. The maximum atomic E-state index is 12.2. The van der Waals surface area contributed by atoms with Crippen molar-refractivity contribution < 1.29 is 5.11 Å². The number of para-hydroxylation sites is 1. The van der Waals surface area contributed by atoms with Gasteiger partial charge in [-0.05, 0) is 19.1 Å². The third-order valence-corrected chi connectivity index (χ3v) is 3.74. The van der Waals surface area contributed by atoms with Gasteiger partial charge in [0.1, 0.15) is 5.75 Å². The van der Waals surface area contributed by atoms with Gasteiger partial charge in [0.15, 0.2) is 11.2 Å². The largest absolute Gasteiger partial charge is 0.507 e. The zero-order chi connectivity index (χ0) is 18.8. The van der Waals surface area contributed by atoms with Crippen LogP contribution in [0.2, 0.25) is 0 Å². The highest BCUT2D eigenvalue weighted by Gasteiger charge is 2.17. The van der Waals surface area contributed by atoms with E-state index in [0.29, 0.717) is 12.1 Å². The molecule has 2 aromatic heterocycles. The number of aromatic nitrogens is 4. The van der Waals surface area contributed by atoms with Crippen LogP contribution < -0.4 is 16.7 Å². The van der Waals surface area contributed by atoms with Crippen molar-refractivity contribution >= 4 is 23.3 Å². The SMILES string of the molecule is C=C(C)Cn1c(N/N=C/c2ccccc2O)nc2c1c(=O)[nH]c(=O)n2C. The Morgan fingerprint density at radius 1 is 1.42 bits per heavy atom. The van der Waals surface area contributed by atoms with Crippen molar-refractivity contribution in [1.82, 2.24) is 19.1 Å². The van der Waals surface area contributed by atoms with Crippen molar-refractivity contribution in [3.8, 4) is 5.75 Å². The molecule has 3 rings (SSSR count). The summed E-state index contributed by atoms with van der Waals surface area (Å²) < 4.78 is 2.85. The molecule has 3 aromatic rings. The number of nitrogens with one attached hydrogen (secondary N) is 2. The molecule has 0 atom stereocenters. The second-order valence-electron chi connectivity index (χ2n) is 5.90. The van der Waals surface area contributed by atoms with E-state index in [2.05, 4.69) is 27.1 Å². The van der Waals surface area contributed by atoms with Crippen LogP contribution in [0.5, 0.6) is 5.75 Å². The highest BCUT2D eigenvalue weighted by atomic mass is 16.3. The summed E-state index contributed by atoms with van der Waals surface area (Å²) in [6, 6.07) is 6.73. The van der Waals surface area contributed by atoms with Crippen LogP contribution in [-0.4, -0.2) is 30.4 Å². The molecule has 0 aliphatic heterocycles. The average molecular weight is 354 g/mol. The number of allylic oxidation sites excluding steroid dienone is 1. The van der Waals surface area contributed by atoms with E-state index >= 15 is 0 Å². The third kappa shape index (κ3) is 3.14. The number of phenolic OH excluding ortho intramolecular Hbond substituents is 1. The van der Waals surface area contributed by atoms with Crippen LogP contribution in [0.3, 0.4) is 0 Å². The Kier molecular flexibility index (Phi) is 4.44. The number of rotatable bonds is 5. The lowest BCUT2D eigenvalue weighted by molar-refractivity contribution is 0.474. The fourth-order valence-corrected chi connectivity index (χ4v) is 2.50. The third-order valence-electron chi connectivity index (χ3n) is 3.74. The zero-order valence-corrected chi connectivity index (χ0v) is 14.4. The van der Waals surface area contributed by atoms with E-state index in [1.165, 1.54) is 17.8 Å². The predicted octanol–water partition coefficient (Wildman–Crippen LogP) is 1.15. The van der Waals surface area contributed by atoms with E-state index in [4.69, 9.17) is 0 Å². The molecule has 0 aliphatic rings. The summed E-state index contributed by atoms with van der Waals surface area (Å²) in [6.45, 7) is 6.00. The van der Waals surface area contributed by atoms with Gasteiger partial charge in [0, 0.05) is 19.2 Å². The molecule has 1 aromatic carbocycles. The van der Waals surface area contributed by atoms with E-state index < -0.39 is 11.2 Å². The molecule has 0 saturated carbocycles. The van der Waals surface area contributed by atoms with Crippen LogP contribution in [-0.2, 0) is 13.6 Å². The van der Waals surface area contributed by atoms with Crippen molar-refractivity contribution in [3.63, 3.8) is 0 Å². The molecular weight excluding hydrogens is 336 g/mol. The molecule has 0 bridgehead atoms. The first-order valence-electron chi connectivity index (χ1n) is 7.79. The molecule has 0 radical (unpaired) electrons. The summed E-state index contributed by atoms with van der Waals surface area (Å²) in [5.41, 5.74) is 3.48. The second kappa shape index (κ2) is 6.71. The molecule has 0 amide bonds. The van der Waals surface area contributed by atoms with Crippen LogP contribution in [0.4, 0.5) is 5.95 Å². The van der Waals surface area contributed by atoms with Crippen molar-refractivity contribution in [2.45, 2.75) is 13.5 Å². The monoisotopic (exact) mass is 354 g/mol. The Morgan fingerprint density at radius 3 is 2.85 bits per heavy atom. The summed E-state index contributed by atoms with van der Waals surface area (Å²) in [7, 11) is 1.52. The van der Waals surface area contributed by atoms with Gasteiger partial charge in [0.2, 0.25) is 5.95 Å². The Balaban J connectivity index is 2.07. The number of aryl methyl sites for hydroxylation is 1.